The van der Waals surface area contributed by atoms with Crippen LogP contribution >= 0.6 is 0 Å². The number of alkyl halides is 3. The number of amides is 2. The van der Waals surface area contributed by atoms with Crippen LogP contribution < -0.4 is 4.90 Å². The molecule has 1 N–H and O–H groups in total. The maximum absolute atomic E-state index is 12.8. The zero-order valence-corrected chi connectivity index (χ0v) is 19.7. The van der Waals surface area contributed by atoms with E-state index in [0.717, 1.165) is 63.5 Å². The zero-order valence-electron chi connectivity index (χ0n) is 19.7. The lowest BCUT2D eigenvalue weighted by Gasteiger charge is -2.46. The van der Waals surface area contributed by atoms with Crippen LogP contribution in [0, 0.1) is 5.92 Å². The number of hydrogen-bond acceptors (Lipinski definition) is 6. The van der Waals surface area contributed by atoms with E-state index < -0.39 is 12.1 Å². The minimum absolute atomic E-state index is 0.0160. The van der Waals surface area contributed by atoms with Crippen molar-refractivity contribution in [1.82, 2.24) is 19.8 Å². The Balaban J connectivity index is 0.000000364. The molecule has 5 rings (SSSR count). The summed E-state index contributed by atoms with van der Waals surface area (Å²) >= 11 is 0. The lowest BCUT2D eigenvalue weighted by atomic mass is 9.71. The Hall–Kier alpha value is -2.92. The van der Waals surface area contributed by atoms with E-state index in [2.05, 4.69) is 9.88 Å². The van der Waals surface area contributed by atoms with Gasteiger partial charge in [0.15, 0.2) is 0 Å². The third-order valence-corrected chi connectivity index (χ3v) is 7.24. The van der Waals surface area contributed by atoms with Gasteiger partial charge in [-0.25, -0.2) is 14.8 Å². The van der Waals surface area contributed by atoms with Gasteiger partial charge in [0.1, 0.15) is 0 Å². The molecular weight excluding hydrogens is 467 g/mol. The molecule has 12 heteroatoms. The number of carbonyl (C=O) groups excluding carboxylic acids is 2. The number of halogens is 3. The number of likely N-dealkylation sites (N-methyl/N-ethyl adjacent to an activating group) is 1. The van der Waals surface area contributed by atoms with Gasteiger partial charge in [-0.3, -0.25) is 9.59 Å². The number of aromatic nitrogens is 2. The fraction of sp³-hybridized carbons (Fsp3) is 0.696. The van der Waals surface area contributed by atoms with Gasteiger partial charge < -0.3 is 19.8 Å². The summed E-state index contributed by atoms with van der Waals surface area (Å²) in [7, 11) is 1.87. The predicted octanol–water partition coefficient (Wildman–Crippen LogP) is 2.46. The van der Waals surface area contributed by atoms with E-state index in [-0.39, 0.29) is 17.2 Å². The summed E-state index contributed by atoms with van der Waals surface area (Å²) in [6.45, 7) is 4.19. The van der Waals surface area contributed by atoms with Crippen molar-refractivity contribution >= 4 is 23.7 Å². The standard InChI is InChI=1S/C21H29N5O2.C2HF3O2/c1-24-14-21(7-11-25(12-8-21)18(27)15-5-6-15)17-16(19(24)28)13-22-20(23-17)26-9-3-2-4-10-26;3-2(4,5)1(6)7/h13,15H,2-12,14H2,1H3;(H,6,7). The number of carbonyl (C=O) groups is 3. The molecule has 1 saturated carbocycles. The normalized spacial score (nSPS) is 21.8. The highest BCUT2D eigenvalue weighted by molar-refractivity contribution is 5.96. The molecule has 0 bridgehead atoms. The van der Waals surface area contributed by atoms with Crippen LogP contribution in [0.1, 0.15) is 61.0 Å². The van der Waals surface area contributed by atoms with Crippen LogP contribution in [0.2, 0.25) is 0 Å². The minimum atomic E-state index is -5.08. The van der Waals surface area contributed by atoms with Gasteiger partial charge in [0, 0.05) is 57.3 Å². The molecule has 192 valence electrons. The Labute approximate surface area is 201 Å². The molecule has 2 amide bonds. The number of rotatable bonds is 2. The van der Waals surface area contributed by atoms with Gasteiger partial charge >= 0.3 is 12.1 Å². The molecule has 2 saturated heterocycles. The Morgan fingerprint density at radius 2 is 1.69 bits per heavy atom. The summed E-state index contributed by atoms with van der Waals surface area (Å²) in [6, 6.07) is 0. The molecule has 4 aliphatic rings. The van der Waals surface area contributed by atoms with Crippen LogP contribution in [0.5, 0.6) is 0 Å². The van der Waals surface area contributed by atoms with Gasteiger partial charge in [-0.1, -0.05) is 0 Å². The molecule has 3 aliphatic heterocycles. The van der Waals surface area contributed by atoms with Crippen molar-refractivity contribution in [2.24, 2.45) is 5.92 Å². The third-order valence-electron chi connectivity index (χ3n) is 7.24. The molecular formula is C23H30F3N5O4. The summed E-state index contributed by atoms with van der Waals surface area (Å²) in [5, 5.41) is 7.12. The summed E-state index contributed by atoms with van der Waals surface area (Å²) in [5.74, 6) is -1.38. The average Bonchev–Trinajstić information content (AvgIpc) is 3.68. The second-order valence-electron chi connectivity index (χ2n) is 9.82. The third kappa shape index (κ3) is 5.35. The van der Waals surface area contributed by atoms with Gasteiger partial charge in [-0.2, -0.15) is 13.2 Å². The van der Waals surface area contributed by atoms with Crippen LogP contribution in [0.3, 0.4) is 0 Å². The first kappa shape index (κ1) is 25.2. The molecule has 1 spiro atoms. The first-order valence-electron chi connectivity index (χ1n) is 12.0. The first-order valence-corrected chi connectivity index (χ1v) is 12.0. The Morgan fingerprint density at radius 3 is 2.23 bits per heavy atom. The molecule has 4 heterocycles. The van der Waals surface area contributed by atoms with Crippen molar-refractivity contribution in [1.29, 1.82) is 0 Å². The van der Waals surface area contributed by atoms with E-state index in [9.17, 15) is 22.8 Å². The molecule has 0 unspecified atom stereocenters. The van der Waals surface area contributed by atoms with E-state index in [4.69, 9.17) is 14.9 Å². The molecule has 1 aliphatic carbocycles. The van der Waals surface area contributed by atoms with Gasteiger partial charge in [-0.05, 0) is 44.9 Å². The van der Waals surface area contributed by atoms with Crippen molar-refractivity contribution in [2.75, 3.05) is 44.7 Å². The molecule has 3 fully saturated rings. The minimum Gasteiger partial charge on any atom is -0.475 e. The van der Waals surface area contributed by atoms with E-state index in [1.54, 1.807) is 6.20 Å². The van der Waals surface area contributed by atoms with E-state index >= 15 is 0 Å². The lowest BCUT2D eigenvalue weighted by Crippen LogP contribution is -2.55. The summed E-state index contributed by atoms with van der Waals surface area (Å²) in [4.78, 5) is 49.8. The van der Waals surface area contributed by atoms with Crippen LogP contribution in [0.4, 0.5) is 19.1 Å². The molecule has 9 nitrogen and oxygen atoms in total. The topological polar surface area (TPSA) is 107 Å². The quantitative estimate of drug-likeness (QED) is 0.669. The van der Waals surface area contributed by atoms with Crippen LogP contribution in [0.15, 0.2) is 6.20 Å². The van der Waals surface area contributed by atoms with Crippen LogP contribution in [-0.2, 0) is 15.0 Å². The first-order chi connectivity index (χ1) is 16.5. The highest BCUT2D eigenvalue weighted by Crippen LogP contribution is 2.42. The van der Waals surface area contributed by atoms with Crippen LogP contribution in [0.25, 0.3) is 0 Å². The monoisotopic (exact) mass is 497 g/mol. The van der Waals surface area contributed by atoms with Crippen molar-refractivity contribution in [2.45, 2.75) is 56.5 Å². The lowest BCUT2D eigenvalue weighted by molar-refractivity contribution is -0.192. The van der Waals surface area contributed by atoms with E-state index in [1.165, 1.54) is 19.3 Å². The van der Waals surface area contributed by atoms with Crippen molar-refractivity contribution in [3.05, 3.63) is 17.5 Å². The smallest absolute Gasteiger partial charge is 0.475 e. The summed E-state index contributed by atoms with van der Waals surface area (Å²) in [6.07, 6.45) is 4.10. The number of likely N-dealkylation sites (tertiary alicyclic amines) is 1. The highest BCUT2D eigenvalue weighted by atomic mass is 19.4. The van der Waals surface area contributed by atoms with Crippen molar-refractivity contribution < 1.29 is 32.7 Å². The van der Waals surface area contributed by atoms with Gasteiger partial charge in [0.25, 0.3) is 5.91 Å². The fourth-order valence-electron chi connectivity index (χ4n) is 5.12. The number of nitrogens with zero attached hydrogens (tertiary/aromatic N) is 5. The largest absolute Gasteiger partial charge is 0.490 e. The number of carboxylic acids is 1. The molecule has 0 atom stereocenters. The zero-order chi connectivity index (χ0) is 25.4. The SMILES string of the molecule is CN1CC2(CCN(C(=O)C3CC3)CC2)c2nc(N3CCCCC3)ncc2C1=O.O=C(O)C(F)(F)F. The number of hydrogen-bond donors (Lipinski definition) is 1. The number of piperidine rings is 2. The second kappa shape index (κ2) is 9.62. The number of aliphatic carboxylic acids is 1. The molecule has 35 heavy (non-hydrogen) atoms. The molecule has 0 aromatic carbocycles. The summed E-state index contributed by atoms with van der Waals surface area (Å²) in [5.41, 5.74) is 1.41. The van der Waals surface area contributed by atoms with Crippen molar-refractivity contribution in [3.8, 4) is 0 Å². The maximum Gasteiger partial charge on any atom is 0.490 e. The Morgan fingerprint density at radius 1 is 1.09 bits per heavy atom. The summed E-state index contributed by atoms with van der Waals surface area (Å²) < 4.78 is 31.7. The predicted molar refractivity (Wildman–Crippen MR) is 119 cm³/mol. The second-order valence-corrected chi connectivity index (χ2v) is 9.82. The maximum atomic E-state index is 12.8. The number of carboxylic acid groups (broad SMARTS) is 1. The molecule has 1 aromatic rings. The molecule has 1 aromatic heterocycles. The fourth-order valence-corrected chi connectivity index (χ4v) is 5.12. The number of anilines is 1. The highest BCUT2D eigenvalue weighted by Gasteiger charge is 2.47. The van der Waals surface area contributed by atoms with Gasteiger partial charge in [0.05, 0.1) is 11.3 Å². The van der Waals surface area contributed by atoms with Gasteiger partial charge in [0.2, 0.25) is 11.9 Å². The average molecular weight is 498 g/mol. The van der Waals surface area contributed by atoms with Crippen molar-refractivity contribution in [3.63, 3.8) is 0 Å². The Kier molecular flexibility index (Phi) is 6.92. The van der Waals surface area contributed by atoms with E-state index in [0.29, 0.717) is 18.0 Å². The van der Waals surface area contributed by atoms with Crippen LogP contribution in [-0.4, -0.2) is 88.6 Å². The molecule has 0 radical (unpaired) electrons. The van der Waals surface area contributed by atoms with Gasteiger partial charge in [-0.15, -0.1) is 0 Å². The number of fused-ring (bicyclic) bond motifs is 2. The van der Waals surface area contributed by atoms with E-state index in [1.807, 2.05) is 16.8 Å². The Bertz CT molecular complexity index is 984.